The molecule has 1 aromatic heterocycles. The number of nitrogens with zero attached hydrogens (tertiary/aromatic N) is 3. The minimum atomic E-state index is -3.46. The molecule has 1 atom stereocenters. The van der Waals surface area contributed by atoms with Gasteiger partial charge in [-0.25, -0.2) is 13.4 Å². The molecule has 0 spiro atoms. The van der Waals surface area contributed by atoms with Gasteiger partial charge in [-0.2, -0.15) is 4.98 Å². The van der Waals surface area contributed by atoms with Crippen LogP contribution < -0.4 is 25.4 Å². The van der Waals surface area contributed by atoms with Crippen molar-refractivity contribution in [1.29, 1.82) is 0 Å². The summed E-state index contributed by atoms with van der Waals surface area (Å²) in [4.78, 5) is 61.5. The Morgan fingerprint density at radius 1 is 0.864 bits per heavy atom. The summed E-state index contributed by atoms with van der Waals surface area (Å²) in [5.41, 5.74) is 5.00. The first-order valence-electron chi connectivity index (χ1n) is 22.5. The number of carbonyl (C=O) groups excluding carboxylic acids is 4. The Balaban J connectivity index is 0.782. The molecule has 1 aliphatic carbocycles. The van der Waals surface area contributed by atoms with E-state index in [-0.39, 0.29) is 59.0 Å². The van der Waals surface area contributed by atoms with Crippen molar-refractivity contribution in [3.05, 3.63) is 125 Å². The van der Waals surface area contributed by atoms with Crippen LogP contribution in [0.5, 0.6) is 11.5 Å². The number of ketones is 2. The number of fused-ring (bicyclic) bond motifs is 1. The molecule has 7 rings (SSSR count). The number of sulfone groups is 1. The maximum absolute atomic E-state index is 13.3. The first kappa shape index (κ1) is 47.4. The van der Waals surface area contributed by atoms with Gasteiger partial charge >= 0.3 is 0 Å². The van der Waals surface area contributed by atoms with Gasteiger partial charge in [0.1, 0.15) is 29.7 Å². The number of carbonyl (C=O) groups is 4. The number of ether oxygens (including phenoxy) is 2. The Hall–Kier alpha value is -6.61. The van der Waals surface area contributed by atoms with Gasteiger partial charge in [0.2, 0.25) is 11.9 Å². The molecule has 0 unspecified atom stereocenters. The van der Waals surface area contributed by atoms with Crippen LogP contribution in [0, 0.1) is 12.3 Å². The van der Waals surface area contributed by atoms with Crippen LogP contribution in [-0.2, 0) is 43.9 Å². The van der Waals surface area contributed by atoms with Crippen molar-refractivity contribution in [2.45, 2.75) is 110 Å². The van der Waals surface area contributed by atoms with Crippen LogP contribution >= 0.6 is 0 Å². The molecule has 66 heavy (non-hydrogen) atoms. The van der Waals surface area contributed by atoms with Crippen molar-refractivity contribution in [3.8, 4) is 11.5 Å². The van der Waals surface area contributed by atoms with Crippen LogP contribution in [0.15, 0.2) is 102 Å². The molecule has 5 aromatic rings. The Labute approximate surface area is 386 Å². The standard InChI is InChI=1S/C51H58N6O8S/c1-34-29-53-50(56-48(34)54-38-11-8-13-41(27-38)66(62,63)33-51(2,3)4)55-37-22-24-40(25-23-37)64-26-7-5-6-17-47(60)52-30-35-18-20-36(21-19-35)32-65-46-16-10-14-42-43(46)31-57(49(42)61)44-15-9-12-39(58)28-45(44)59/h8,10-11,13-14,16,18-25,27,29,44H,5-7,9,12,15,17,26,28,30-33H2,1-4H3,(H,52,60)(H2,53,54,55,56)/t44-/m0/s1. The summed E-state index contributed by atoms with van der Waals surface area (Å²) in [5.74, 6) is 1.83. The molecule has 1 fully saturated rings. The van der Waals surface area contributed by atoms with E-state index >= 15 is 0 Å². The molecule has 0 saturated heterocycles. The number of rotatable bonds is 19. The Kier molecular flexibility index (Phi) is 15.2. The zero-order valence-corrected chi connectivity index (χ0v) is 38.8. The lowest BCUT2D eigenvalue weighted by Gasteiger charge is -2.25. The molecule has 4 aromatic carbocycles. The molecule has 15 heteroatoms. The molecule has 1 saturated carbocycles. The molecule has 0 bridgehead atoms. The van der Waals surface area contributed by atoms with E-state index in [2.05, 4.69) is 25.9 Å². The first-order valence-corrected chi connectivity index (χ1v) is 24.1. The van der Waals surface area contributed by atoms with Crippen LogP contribution in [0.3, 0.4) is 0 Å². The monoisotopic (exact) mass is 914 g/mol. The molecule has 346 valence electrons. The molecular weight excluding hydrogens is 857 g/mol. The van der Waals surface area contributed by atoms with Crippen LogP contribution in [0.25, 0.3) is 0 Å². The number of hydrogen-bond donors (Lipinski definition) is 3. The fourth-order valence-corrected chi connectivity index (χ4v) is 9.90. The summed E-state index contributed by atoms with van der Waals surface area (Å²) in [6.45, 7) is 9.09. The van der Waals surface area contributed by atoms with Crippen LogP contribution in [-0.4, -0.2) is 65.1 Å². The van der Waals surface area contributed by atoms with Gasteiger partial charge in [0, 0.05) is 53.6 Å². The first-order chi connectivity index (χ1) is 31.6. The zero-order chi connectivity index (χ0) is 46.8. The minimum Gasteiger partial charge on any atom is -0.494 e. The van der Waals surface area contributed by atoms with Crippen molar-refractivity contribution in [3.63, 3.8) is 0 Å². The third-order valence-electron chi connectivity index (χ3n) is 11.4. The predicted octanol–water partition coefficient (Wildman–Crippen LogP) is 8.96. The highest BCUT2D eigenvalue weighted by Crippen LogP contribution is 2.35. The molecule has 2 amide bonds. The Bertz CT molecular complexity index is 2660. The van der Waals surface area contributed by atoms with Gasteiger partial charge < -0.3 is 30.3 Å². The number of benzene rings is 4. The fraction of sp³-hybridized carbons (Fsp3) is 0.373. The van der Waals surface area contributed by atoms with E-state index in [0.717, 1.165) is 53.0 Å². The summed E-state index contributed by atoms with van der Waals surface area (Å²) in [7, 11) is -3.46. The molecule has 1 aliphatic heterocycles. The summed E-state index contributed by atoms with van der Waals surface area (Å²) in [5, 5.41) is 9.46. The average molecular weight is 915 g/mol. The lowest BCUT2D eigenvalue weighted by molar-refractivity contribution is -0.128. The van der Waals surface area contributed by atoms with Crippen molar-refractivity contribution in [2.75, 3.05) is 23.0 Å². The average Bonchev–Trinajstić information content (AvgIpc) is 3.51. The Morgan fingerprint density at radius 2 is 1.62 bits per heavy atom. The normalized spacial score (nSPS) is 15.2. The molecular formula is C51H58N6O8S. The van der Waals surface area contributed by atoms with E-state index in [1.54, 1.807) is 47.5 Å². The van der Waals surface area contributed by atoms with Crippen molar-refractivity contribution >= 4 is 56.4 Å². The molecule has 3 N–H and O–H groups in total. The number of unbranched alkanes of at least 4 members (excludes halogenated alkanes) is 2. The molecule has 0 radical (unpaired) electrons. The van der Waals surface area contributed by atoms with Crippen molar-refractivity contribution in [2.24, 2.45) is 5.41 Å². The maximum atomic E-state index is 13.3. The number of anilines is 4. The number of nitrogens with one attached hydrogen (secondary N) is 3. The lowest BCUT2D eigenvalue weighted by atomic mass is 10.0. The fourth-order valence-electron chi connectivity index (χ4n) is 8.00. The van der Waals surface area contributed by atoms with E-state index < -0.39 is 15.9 Å². The third kappa shape index (κ3) is 12.8. The van der Waals surface area contributed by atoms with Crippen molar-refractivity contribution in [1.82, 2.24) is 20.2 Å². The van der Waals surface area contributed by atoms with Crippen LogP contribution in [0.1, 0.15) is 105 Å². The molecule has 2 heterocycles. The maximum Gasteiger partial charge on any atom is 0.255 e. The second kappa shape index (κ2) is 21.1. The van der Waals surface area contributed by atoms with Gasteiger partial charge in [-0.1, -0.05) is 57.2 Å². The quantitative estimate of drug-likeness (QED) is 0.0406. The topological polar surface area (TPSA) is 186 Å². The third-order valence-corrected chi connectivity index (χ3v) is 13.6. The number of Topliss-reactive ketones (excluding diaryl/α,β-unsaturated/α-hetero) is 2. The summed E-state index contributed by atoms with van der Waals surface area (Å²) >= 11 is 0. The highest BCUT2D eigenvalue weighted by atomic mass is 32.2. The van der Waals surface area contributed by atoms with E-state index in [1.165, 1.54) is 0 Å². The SMILES string of the molecule is Cc1cnc(Nc2ccc(OCCCCCC(=O)NCc3ccc(COc4cccc5c4CN([C@H]4CCCC(=O)CC4=O)C5=O)cc3)cc2)nc1Nc1cccc(S(=O)(=O)CC(C)(C)C)c1. The summed E-state index contributed by atoms with van der Waals surface area (Å²) in [6, 6.07) is 26.9. The predicted molar refractivity (Wildman–Crippen MR) is 253 cm³/mol. The van der Waals surface area contributed by atoms with Gasteiger partial charge in [-0.15, -0.1) is 0 Å². The van der Waals surface area contributed by atoms with E-state index in [1.807, 2.05) is 82.3 Å². The molecule has 2 aliphatic rings. The second-order valence-electron chi connectivity index (χ2n) is 18.2. The van der Waals surface area contributed by atoms with Crippen LogP contribution in [0.4, 0.5) is 23.1 Å². The largest absolute Gasteiger partial charge is 0.494 e. The van der Waals surface area contributed by atoms with Gasteiger partial charge in [0.05, 0.1) is 36.3 Å². The lowest BCUT2D eigenvalue weighted by Crippen LogP contribution is -2.41. The smallest absolute Gasteiger partial charge is 0.255 e. The van der Waals surface area contributed by atoms with Crippen LogP contribution in [0.2, 0.25) is 0 Å². The summed E-state index contributed by atoms with van der Waals surface area (Å²) in [6.07, 6.45) is 5.86. The van der Waals surface area contributed by atoms with Gasteiger partial charge in [-0.05, 0) is 110 Å². The Morgan fingerprint density at radius 3 is 2.39 bits per heavy atom. The van der Waals surface area contributed by atoms with Gasteiger partial charge in [0.15, 0.2) is 15.6 Å². The minimum absolute atomic E-state index is 0.0122. The summed E-state index contributed by atoms with van der Waals surface area (Å²) < 4.78 is 38.1. The number of amides is 2. The number of aryl methyl sites for hydroxylation is 1. The van der Waals surface area contributed by atoms with E-state index in [9.17, 15) is 27.6 Å². The molecule has 14 nitrogen and oxygen atoms in total. The van der Waals surface area contributed by atoms with E-state index in [0.29, 0.717) is 67.6 Å². The highest BCUT2D eigenvalue weighted by Gasteiger charge is 2.39. The van der Waals surface area contributed by atoms with E-state index in [4.69, 9.17) is 9.47 Å². The zero-order valence-electron chi connectivity index (χ0n) is 38.0. The van der Waals surface area contributed by atoms with Gasteiger partial charge in [-0.3, -0.25) is 19.2 Å². The second-order valence-corrected chi connectivity index (χ2v) is 20.2. The van der Waals surface area contributed by atoms with Gasteiger partial charge in [0.25, 0.3) is 5.91 Å². The number of hydrogen-bond acceptors (Lipinski definition) is 12. The number of aromatic nitrogens is 2. The van der Waals surface area contributed by atoms with Crippen molar-refractivity contribution < 1.29 is 37.1 Å². The highest BCUT2D eigenvalue weighted by molar-refractivity contribution is 7.91.